The zero-order valence-corrected chi connectivity index (χ0v) is 23.4. The van der Waals surface area contributed by atoms with E-state index in [1.54, 1.807) is 40.3 Å². The van der Waals surface area contributed by atoms with Crippen LogP contribution < -0.4 is 21.8 Å². The molecule has 12 nitrogen and oxygen atoms in total. The number of para-hydroxylation sites is 1. The van der Waals surface area contributed by atoms with Crippen LogP contribution in [0.1, 0.15) is 40.3 Å². The zero-order chi connectivity index (χ0) is 30.1. The Balaban J connectivity index is 0.00000198. The SMILES string of the molecule is CC.O=C(c1ccccn1)N1CCN(C(=O)c2cccc(Nc3c(NCc4ccccc4)c(=O)[nH][nH]c3=O)c2O)CC1. The molecule has 2 aromatic heterocycles. The number of aromatic hydroxyl groups is 1. The van der Waals surface area contributed by atoms with Crippen molar-refractivity contribution in [2.24, 2.45) is 0 Å². The van der Waals surface area contributed by atoms with Gasteiger partial charge in [-0.2, -0.15) is 0 Å². The number of aromatic amines is 2. The summed E-state index contributed by atoms with van der Waals surface area (Å²) in [6, 6.07) is 19.0. The molecule has 5 rings (SSSR count). The Kier molecular flexibility index (Phi) is 9.72. The van der Waals surface area contributed by atoms with Crippen LogP contribution in [0.2, 0.25) is 0 Å². The summed E-state index contributed by atoms with van der Waals surface area (Å²) < 4.78 is 0. The lowest BCUT2D eigenvalue weighted by atomic mass is 10.1. The third-order valence-corrected chi connectivity index (χ3v) is 6.57. The molecule has 42 heavy (non-hydrogen) atoms. The van der Waals surface area contributed by atoms with E-state index < -0.39 is 17.0 Å². The smallest absolute Gasteiger partial charge is 0.288 e. The standard InChI is InChI=1S/C28H27N7O5.C2H6/c36-24-19(27(39)34-13-15-35(16-14-34)28(40)21-10-4-5-12-29-21)9-6-11-20(24)31-23-22(25(37)32-33-26(23)38)30-17-18-7-2-1-3-8-18;1-2/h1-12,36H,13-17H2,(H2,30,33,38)(H2,31,32,37);1-2H3. The highest BCUT2D eigenvalue weighted by Gasteiger charge is 2.28. The molecular weight excluding hydrogens is 538 g/mol. The van der Waals surface area contributed by atoms with Crippen LogP contribution in [-0.2, 0) is 6.54 Å². The summed E-state index contributed by atoms with van der Waals surface area (Å²) in [7, 11) is 0. The van der Waals surface area contributed by atoms with Crippen molar-refractivity contribution >= 4 is 28.9 Å². The minimum atomic E-state index is -0.625. The van der Waals surface area contributed by atoms with Crippen molar-refractivity contribution in [2.75, 3.05) is 36.8 Å². The number of hydrogen-bond donors (Lipinski definition) is 5. The maximum absolute atomic E-state index is 13.3. The van der Waals surface area contributed by atoms with Crippen molar-refractivity contribution < 1.29 is 14.7 Å². The van der Waals surface area contributed by atoms with Gasteiger partial charge < -0.3 is 25.5 Å². The van der Waals surface area contributed by atoms with Gasteiger partial charge in [0.1, 0.15) is 17.1 Å². The van der Waals surface area contributed by atoms with E-state index in [2.05, 4.69) is 25.8 Å². The molecule has 0 saturated carbocycles. The third kappa shape index (κ3) is 6.66. The van der Waals surface area contributed by atoms with E-state index in [4.69, 9.17) is 0 Å². The number of H-pyrrole nitrogens is 2. The molecule has 1 aliphatic rings. The first kappa shape index (κ1) is 29.6. The highest BCUT2D eigenvalue weighted by atomic mass is 16.3. The Hall–Kier alpha value is -5.39. The van der Waals surface area contributed by atoms with Gasteiger partial charge in [-0.3, -0.25) is 34.4 Å². The topological polar surface area (TPSA) is 164 Å². The highest BCUT2D eigenvalue weighted by Crippen LogP contribution is 2.32. The summed E-state index contributed by atoms with van der Waals surface area (Å²) in [5, 5.41) is 21.3. The predicted molar refractivity (Wildman–Crippen MR) is 160 cm³/mol. The molecule has 0 unspecified atom stereocenters. The number of carbonyl (C=O) groups excluding carboxylic acids is 2. The van der Waals surface area contributed by atoms with Crippen LogP contribution in [0.15, 0.2) is 82.5 Å². The summed E-state index contributed by atoms with van der Waals surface area (Å²) >= 11 is 0. The van der Waals surface area contributed by atoms with Crippen LogP contribution in [0, 0.1) is 0 Å². The average Bonchev–Trinajstić information content (AvgIpc) is 3.04. The van der Waals surface area contributed by atoms with Gasteiger partial charge in [-0.1, -0.05) is 56.3 Å². The first-order valence-electron chi connectivity index (χ1n) is 13.6. The number of rotatable bonds is 7. The number of pyridine rings is 1. The van der Waals surface area contributed by atoms with Crippen LogP contribution >= 0.6 is 0 Å². The van der Waals surface area contributed by atoms with Gasteiger partial charge in [-0.15, -0.1) is 0 Å². The number of piperazine rings is 1. The quantitative estimate of drug-likeness (QED) is 0.211. The van der Waals surface area contributed by atoms with E-state index in [1.165, 1.54) is 12.1 Å². The normalized spacial score (nSPS) is 12.6. The maximum Gasteiger partial charge on any atom is 0.288 e. The summed E-state index contributed by atoms with van der Waals surface area (Å²) in [5.74, 6) is -0.997. The minimum Gasteiger partial charge on any atom is -0.505 e. The second kappa shape index (κ2) is 13.8. The van der Waals surface area contributed by atoms with Crippen LogP contribution in [-0.4, -0.2) is 68.1 Å². The monoisotopic (exact) mass is 571 g/mol. The van der Waals surface area contributed by atoms with Gasteiger partial charge in [0.05, 0.1) is 11.3 Å². The van der Waals surface area contributed by atoms with Gasteiger partial charge >= 0.3 is 0 Å². The second-order valence-electron chi connectivity index (χ2n) is 9.12. The molecule has 0 aliphatic carbocycles. The van der Waals surface area contributed by atoms with E-state index >= 15 is 0 Å². The van der Waals surface area contributed by atoms with E-state index in [0.29, 0.717) is 18.8 Å². The fourth-order valence-electron chi connectivity index (χ4n) is 4.43. The first-order valence-corrected chi connectivity index (χ1v) is 13.6. The molecule has 218 valence electrons. The van der Waals surface area contributed by atoms with Crippen molar-refractivity contribution in [3.05, 3.63) is 110 Å². The fourth-order valence-corrected chi connectivity index (χ4v) is 4.43. The highest BCUT2D eigenvalue weighted by molar-refractivity contribution is 5.99. The largest absolute Gasteiger partial charge is 0.505 e. The van der Waals surface area contributed by atoms with Crippen molar-refractivity contribution in [1.82, 2.24) is 25.0 Å². The number of phenols is 1. The molecule has 1 fully saturated rings. The Morgan fingerprint density at radius 3 is 2.07 bits per heavy atom. The second-order valence-corrected chi connectivity index (χ2v) is 9.12. The van der Waals surface area contributed by atoms with Crippen molar-refractivity contribution in [1.29, 1.82) is 0 Å². The number of hydrogen-bond acceptors (Lipinski definition) is 8. The summed E-state index contributed by atoms with van der Waals surface area (Å²) in [6.07, 6.45) is 1.55. The van der Waals surface area contributed by atoms with E-state index in [9.17, 15) is 24.3 Å². The van der Waals surface area contributed by atoms with Crippen LogP contribution in [0.5, 0.6) is 5.75 Å². The number of nitrogens with one attached hydrogen (secondary N) is 4. The summed E-state index contributed by atoms with van der Waals surface area (Å²) in [4.78, 5) is 58.5. The molecule has 0 radical (unpaired) electrons. The van der Waals surface area contributed by atoms with Gasteiger partial charge in [-0.25, -0.2) is 0 Å². The minimum absolute atomic E-state index is 0.0163. The molecule has 0 atom stereocenters. The van der Waals surface area contributed by atoms with E-state index in [0.717, 1.165) is 5.56 Å². The number of anilines is 3. The van der Waals surface area contributed by atoms with Gasteiger partial charge in [0.15, 0.2) is 5.75 Å². The van der Waals surface area contributed by atoms with Gasteiger partial charge in [-0.05, 0) is 29.8 Å². The van der Waals surface area contributed by atoms with Gasteiger partial charge in [0, 0.05) is 38.9 Å². The van der Waals surface area contributed by atoms with Crippen molar-refractivity contribution in [3.63, 3.8) is 0 Å². The zero-order valence-electron chi connectivity index (χ0n) is 23.4. The lowest BCUT2D eigenvalue weighted by Gasteiger charge is -2.34. The third-order valence-electron chi connectivity index (χ3n) is 6.57. The van der Waals surface area contributed by atoms with Gasteiger partial charge in [0.25, 0.3) is 22.9 Å². The predicted octanol–water partition coefficient (Wildman–Crippen LogP) is 3.14. The van der Waals surface area contributed by atoms with Crippen LogP contribution in [0.25, 0.3) is 0 Å². The fraction of sp³-hybridized carbons (Fsp3) is 0.233. The van der Waals surface area contributed by atoms with Crippen LogP contribution in [0.4, 0.5) is 17.1 Å². The number of amides is 2. The van der Waals surface area contributed by atoms with Crippen LogP contribution in [0.3, 0.4) is 0 Å². The molecule has 2 aromatic carbocycles. The van der Waals surface area contributed by atoms with E-state index in [1.807, 2.05) is 44.2 Å². The number of nitrogens with zero attached hydrogens (tertiary/aromatic N) is 3. The maximum atomic E-state index is 13.3. The first-order chi connectivity index (χ1) is 20.4. The number of benzene rings is 2. The Labute approximate surface area is 242 Å². The Morgan fingerprint density at radius 2 is 1.43 bits per heavy atom. The average molecular weight is 572 g/mol. The molecule has 2 amide bonds. The number of aromatic nitrogens is 3. The number of phenolic OH excluding ortho intramolecular Hbond substituents is 1. The van der Waals surface area contributed by atoms with Crippen molar-refractivity contribution in [3.8, 4) is 5.75 Å². The lowest BCUT2D eigenvalue weighted by molar-refractivity contribution is 0.0530. The summed E-state index contributed by atoms with van der Waals surface area (Å²) in [5.41, 5.74) is 0.0150. The molecule has 5 N–H and O–H groups in total. The molecule has 1 aliphatic heterocycles. The van der Waals surface area contributed by atoms with Gasteiger partial charge in [0.2, 0.25) is 0 Å². The molecule has 1 saturated heterocycles. The van der Waals surface area contributed by atoms with E-state index in [-0.39, 0.29) is 53.9 Å². The molecule has 12 heteroatoms. The molecule has 4 aromatic rings. The number of carbonyl (C=O) groups is 2. The Morgan fingerprint density at radius 1 is 0.810 bits per heavy atom. The molecule has 0 spiro atoms. The molecular formula is C30H33N7O5. The summed E-state index contributed by atoms with van der Waals surface area (Å²) in [6.45, 7) is 5.46. The molecule has 3 heterocycles. The van der Waals surface area contributed by atoms with Crippen molar-refractivity contribution in [2.45, 2.75) is 20.4 Å². The Bertz CT molecular complexity index is 1630. The molecule has 0 bridgehead atoms. The lowest BCUT2D eigenvalue weighted by Crippen LogP contribution is -2.50.